The number of nitrogens with zero attached hydrogens (tertiary/aromatic N) is 1. The zero-order valence-corrected chi connectivity index (χ0v) is 11.3. The highest BCUT2D eigenvalue weighted by Gasteiger charge is 2.36. The molecule has 1 amide bonds. The van der Waals surface area contributed by atoms with Gasteiger partial charge in [-0.05, 0) is 35.4 Å². The first-order chi connectivity index (χ1) is 10.5. The van der Waals surface area contributed by atoms with E-state index in [4.69, 9.17) is 5.11 Å². The number of rotatable bonds is 3. The quantitative estimate of drug-likeness (QED) is 0.840. The van der Waals surface area contributed by atoms with Gasteiger partial charge in [0.15, 0.2) is 0 Å². The Labute approximate surface area is 125 Å². The Balaban J connectivity index is 2.07. The number of hydrogen-bond acceptors (Lipinski definition) is 4. The Bertz CT molecular complexity index is 812. The lowest BCUT2D eigenvalue weighted by Crippen LogP contribution is -2.34. The summed E-state index contributed by atoms with van der Waals surface area (Å²) in [6, 6.07) is 11.2. The lowest BCUT2D eigenvalue weighted by molar-refractivity contribution is -0.136. The summed E-state index contributed by atoms with van der Waals surface area (Å²) in [7, 11) is 0. The Hall–Kier alpha value is -3.15. The summed E-state index contributed by atoms with van der Waals surface area (Å²) in [5.74, 6) is -2.66. The van der Waals surface area contributed by atoms with E-state index in [0.717, 1.165) is 4.90 Å². The molecule has 6 nitrogen and oxygen atoms in total. The molecule has 0 fully saturated rings. The molecule has 0 atom stereocenters. The molecule has 0 aromatic heterocycles. The summed E-state index contributed by atoms with van der Waals surface area (Å²) in [5.41, 5.74) is 1.82. The third-order valence-electron chi connectivity index (χ3n) is 3.44. The number of carboxylic acids is 1. The van der Waals surface area contributed by atoms with Crippen molar-refractivity contribution in [3.63, 3.8) is 0 Å². The number of benzene rings is 2. The van der Waals surface area contributed by atoms with Crippen molar-refractivity contribution in [3.05, 3.63) is 48.0 Å². The number of carbonyl (C=O) groups excluding carboxylic acids is 2. The minimum absolute atomic E-state index is 0.0907. The minimum atomic E-state index is -1.19. The number of fused-ring (bicyclic) bond motifs is 1. The summed E-state index contributed by atoms with van der Waals surface area (Å²) in [4.78, 5) is 35.6. The maximum atomic E-state index is 12.0. The number of hydrogen-bond donors (Lipinski definition) is 2. The van der Waals surface area contributed by atoms with E-state index in [9.17, 15) is 19.5 Å². The topological polar surface area (TPSA) is 94.9 Å². The van der Waals surface area contributed by atoms with Gasteiger partial charge in [-0.1, -0.05) is 18.2 Å². The molecule has 2 aromatic rings. The molecular weight excluding hydrogens is 286 g/mol. The molecule has 6 heteroatoms. The van der Waals surface area contributed by atoms with Gasteiger partial charge < -0.3 is 10.2 Å². The number of aliphatic carboxylic acids is 1. The Morgan fingerprint density at radius 2 is 1.77 bits per heavy atom. The molecule has 22 heavy (non-hydrogen) atoms. The molecule has 0 aliphatic carbocycles. The number of phenolic OH excluding ortho intramolecular Hbond substituents is 1. The largest absolute Gasteiger partial charge is 0.508 e. The fraction of sp³-hybridized carbons (Fsp3) is 0.0625. The van der Waals surface area contributed by atoms with Crippen LogP contribution in [0.1, 0.15) is 10.4 Å². The highest BCUT2D eigenvalue weighted by Crippen LogP contribution is 2.33. The maximum Gasteiger partial charge on any atom is 0.323 e. The number of anilines is 1. The third-order valence-corrected chi connectivity index (χ3v) is 3.44. The Morgan fingerprint density at radius 3 is 2.45 bits per heavy atom. The van der Waals surface area contributed by atoms with Gasteiger partial charge in [0.1, 0.15) is 12.3 Å². The van der Waals surface area contributed by atoms with E-state index in [2.05, 4.69) is 0 Å². The van der Waals surface area contributed by atoms with Crippen LogP contribution in [0.5, 0.6) is 5.75 Å². The molecule has 2 N–H and O–H groups in total. The molecule has 110 valence electrons. The van der Waals surface area contributed by atoms with Crippen molar-refractivity contribution in [2.45, 2.75) is 0 Å². The van der Waals surface area contributed by atoms with Crippen LogP contribution in [-0.4, -0.2) is 34.4 Å². The maximum absolute atomic E-state index is 12.0. The van der Waals surface area contributed by atoms with Crippen LogP contribution < -0.4 is 4.90 Å². The zero-order valence-electron chi connectivity index (χ0n) is 11.3. The van der Waals surface area contributed by atoms with Crippen LogP contribution in [0.3, 0.4) is 0 Å². The van der Waals surface area contributed by atoms with Gasteiger partial charge >= 0.3 is 5.97 Å². The van der Waals surface area contributed by atoms with Gasteiger partial charge in [-0.2, -0.15) is 0 Å². The monoisotopic (exact) mass is 297 g/mol. The highest BCUT2D eigenvalue weighted by molar-refractivity contribution is 6.52. The second-order valence-corrected chi connectivity index (χ2v) is 4.90. The average Bonchev–Trinajstić information content (AvgIpc) is 2.72. The van der Waals surface area contributed by atoms with E-state index in [1.165, 1.54) is 18.2 Å². The molecule has 1 aliphatic rings. The predicted octanol–water partition coefficient (Wildman–Crippen LogP) is 1.67. The van der Waals surface area contributed by atoms with E-state index >= 15 is 0 Å². The third kappa shape index (κ3) is 2.20. The summed E-state index contributed by atoms with van der Waals surface area (Å²) >= 11 is 0. The van der Waals surface area contributed by atoms with E-state index < -0.39 is 24.2 Å². The van der Waals surface area contributed by atoms with Crippen LogP contribution >= 0.6 is 0 Å². The van der Waals surface area contributed by atoms with Crippen LogP contribution in [0.15, 0.2) is 42.5 Å². The van der Waals surface area contributed by atoms with Gasteiger partial charge in [-0.3, -0.25) is 19.3 Å². The van der Waals surface area contributed by atoms with Crippen molar-refractivity contribution in [2.75, 3.05) is 11.4 Å². The number of aromatic hydroxyl groups is 1. The molecule has 0 bridgehead atoms. The van der Waals surface area contributed by atoms with Crippen molar-refractivity contribution in [3.8, 4) is 16.9 Å². The molecule has 0 spiro atoms. The lowest BCUT2D eigenvalue weighted by atomic mass is 10.0. The fourth-order valence-electron chi connectivity index (χ4n) is 2.46. The van der Waals surface area contributed by atoms with E-state index in [-0.39, 0.29) is 11.3 Å². The smallest absolute Gasteiger partial charge is 0.323 e. The van der Waals surface area contributed by atoms with Gasteiger partial charge in [0.2, 0.25) is 0 Å². The van der Waals surface area contributed by atoms with Crippen LogP contribution in [0.25, 0.3) is 11.1 Å². The van der Waals surface area contributed by atoms with E-state index in [1.54, 1.807) is 24.3 Å². The van der Waals surface area contributed by atoms with Crippen LogP contribution in [-0.2, 0) is 9.59 Å². The van der Waals surface area contributed by atoms with Crippen molar-refractivity contribution >= 4 is 23.3 Å². The summed E-state index contributed by atoms with van der Waals surface area (Å²) in [5, 5.41) is 18.3. The molecular formula is C16H11NO5. The number of carboxylic acid groups (broad SMARTS) is 1. The summed E-state index contributed by atoms with van der Waals surface area (Å²) < 4.78 is 0. The number of amides is 1. The normalized spacial score (nSPS) is 13.4. The van der Waals surface area contributed by atoms with Crippen LogP contribution in [0.2, 0.25) is 0 Å². The van der Waals surface area contributed by atoms with Gasteiger partial charge in [-0.15, -0.1) is 0 Å². The van der Waals surface area contributed by atoms with Crippen molar-refractivity contribution < 1.29 is 24.6 Å². The first-order valence-corrected chi connectivity index (χ1v) is 6.49. The lowest BCUT2D eigenvalue weighted by Gasteiger charge is -2.13. The van der Waals surface area contributed by atoms with Crippen molar-refractivity contribution in [1.82, 2.24) is 0 Å². The van der Waals surface area contributed by atoms with Gasteiger partial charge in [0.25, 0.3) is 11.7 Å². The molecule has 0 radical (unpaired) electrons. The Morgan fingerprint density at radius 1 is 1.05 bits per heavy atom. The molecule has 0 saturated carbocycles. The van der Waals surface area contributed by atoms with Gasteiger partial charge in [-0.25, -0.2) is 0 Å². The summed E-state index contributed by atoms with van der Waals surface area (Å²) in [6.45, 7) is -0.553. The number of carbonyl (C=O) groups is 3. The fourth-order valence-corrected chi connectivity index (χ4v) is 2.46. The molecule has 3 rings (SSSR count). The van der Waals surface area contributed by atoms with Crippen LogP contribution in [0, 0.1) is 0 Å². The van der Waals surface area contributed by atoms with Crippen LogP contribution in [0.4, 0.5) is 5.69 Å². The number of phenols is 1. The molecule has 1 aliphatic heterocycles. The molecule has 0 unspecified atom stereocenters. The van der Waals surface area contributed by atoms with Crippen molar-refractivity contribution in [1.29, 1.82) is 0 Å². The SMILES string of the molecule is O=C(O)CN1C(=O)C(=O)c2cc(-c3cccc(O)c3)ccc21. The first kappa shape index (κ1) is 13.8. The highest BCUT2D eigenvalue weighted by atomic mass is 16.4. The standard InChI is InChI=1S/C16H11NO5/c18-11-3-1-2-9(6-11)10-4-5-13-12(7-10)15(21)16(22)17(13)8-14(19)20/h1-7,18H,8H2,(H,19,20). The number of Topliss-reactive ketones (excluding diaryl/α,β-unsaturated/α-hetero) is 1. The number of ketones is 1. The minimum Gasteiger partial charge on any atom is -0.508 e. The predicted molar refractivity (Wildman–Crippen MR) is 77.9 cm³/mol. The summed E-state index contributed by atoms with van der Waals surface area (Å²) in [6.07, 6.45) is 0. The van der Waals surface area contributed by atoms with Crippen molar-refractivity contribution in [2.24, 2.45) is 0 Å². The molecule has 1 heterocycles. The van der Waals surface area contributed by atoms with Gasteiger partial charge in [0, 0.05) is 0 Å². The second kappa shape index (κ2) is 5.00. The average molecular weight is 297 g/mol. The van der Waals surface area contributed by atoms with E-state index in [0.29, 0.717) is 16.8 Å². The second-order valence-electron chi connectivity index (χ2n) is 4.90. The first-order valence-electron chi connectivity index (χ1n) is 6.49. The Kier molecular flexibility index (Phi) is 3.14. The van der Waals surface area contributed by atoms with Gasteiger partial charge in [0.05, 0.1) is 11.3 Å². The zero-order chi connectivity index (χ0) is 15.9. The molecule has 0 saturated heterocycles. The van der Waals surface area contributed by atoms with E-state index in [1.807, 2.05) is 0 Å². The molecule has 2 aromatic carbocycles.